The fourth-order valence-corrected chi connectivity index (χ4v) is 3.09. The lowest BCUT2D eigenvalue weighted by molar-refractivity contribution is 0.1000. The highest BCUT2D eigenvalue weighted by Gasteiger charge is 2.13. The summed E-state index contributed by atoms with van der Waals surface area (Å²) in [5.74, 6) is -0.535. The SMILES string of the molecule is CN(C)C(=O)Sc1cc(SC(=S)N(C)C)cc(C(N)=O)c1. The number of carbonyl (C=O) groups is 2. The van der Waals surface area contributed by atoms with Crippen LogP contribution in [0, 0.1) is 0 Å². The maximum absolute atomic E-state index is 11.8. The molecule has 2 amide bonds. The van der Waals surface area contributed by atoms with E-state index in [1.54, 1.807) is 31.1 Å². The van der Waals surface area contributed by atoms with Crippen molar-refractivity contribution < 1.29 is 9.59 Å². The number of primary amides is 1. The molecular weight excluding hydrogens is 326 g/mol. The third-order valence-electron chi connectivity index (χ3n) is 2.31. The smallest absolute Gasteiger partial charge is 0.285 e. The lowest BCUT2D eigenvalue weighted by atomic mass is 10.2. The molecule has 0 radical (unpaired) electrons. The minimum absolute atomic E-state index is 0.122. The van der Waals surface area contributed by atoms with Crippen molar-refractivity contribution in [2.75, 3.05) is 28.2 Å². The molecule has 0 aromatic heterocycles. The maximum Gasteiger partial charge on any atom is 0.285 e. The summed E-state index contributed by atoms with van der Waals surface area (Å²) in [4.78, 5) is 27.9. The molecule has 0 saturated carbocycles. The zero-order valence-corrected chi connectivity index (χ0v) is 14.7. The third-order valence-corrected chi connectivity index (χ3v) is 4.94. The van der Waals surface area contributed by atoms with E-state index in [9.17, 15) is 9.59 Å². The fraction of sp³-hybridized carbons (Fsp3) is 0.308. The van der Waals surface area contributed by atoms with Crippen LogP contribution in [0.2, 0.25) is 0 Å². The van der Waals surface area contributed by atoms with Crippen molar-refractivity contribution in [1.29, 1.82) is 0 Å². The minimum Gasteiger partial charge on any atom is -0.366 e. The number of carbonyl (C=O) groups excluding carboxylic acids is 2. The molecule has 0 heterocycles. The lowest BCUT2D eigenvalue weighted by Crippen LogP contribution is -2.17. The van der Waals surface area contributed by atoms with E-state index in [2.05, 4.69) is 0 Å². The van der Waals surface area contributed by atoms with Crippen LogP contribution in [0.15, 0.2) is 28.0 Å². The quantitative estimate of drug-likeness (QED) is 0.672. The number of nitrogens with two attached hydrogens (primary N) is 1. The molecule has 0 aliphatic heterocycles. The zero-order valence-electron chi connectivity index (χ0n) is 12.2. The number of hydrogen-bond acceptors (Lipinski definition) is 5. The van der Waals surface area contributed by atoms with Gasteiger partial charge in [-0.25, -0.2) is 0 Å². The molecule has 8 heteroatoms. The van der Waals surface area contributed by atoms with Gasteiger partial charge >= 0.3 is 0 Å². The van der Waals surface area contributed by atoms with E-state index in [4.69, 9.17) is 18.0 Å². The normalized spacial score (nSPS) is 10.1. The molecule has 5 nitrogen and oxygen atoms in total. The zero-order chi connectivity index (χ0) is 16.2. The van der Waals surface area contributed by atoms with Gasteiger partial charge in [-0.05, 0) is 30.0 Å². The monoisotopic (exact) mass is 343 g/mol. The standard InChI is InChI=1S/C13H17N3O2S3/c1-15(2)12(18)20-9-5-8(11(14)17)6-10(7-9)21-13(19)16(3)4/h5-7H,1-4H3,(H2,14,17). The van der Waals surface area contributed by atoms with Crippen LogP contribution in [0.4, 0.5) is 4.79 Å². The van der Waals surface area contributed by atoms with Gasteiger partial charge in [-0.2, -0.15) is 0 Å². The van der Waals surface area contributed by atoms with Crippen molar-refractivity contribution in [2.24, 2.45) is 5.73 Å². The highest BCUT2D eigenvalue weighted by Crippen LogP contribution is 2.29. The molecule has 0 fully saturated rings. The van der Waals surface area contributed by atoms with Crippen LogP contribution in [0.3, 0.4) is 0 Å². The number of hydrogen-bond donors (Lipinski definition) is 1. The van der Waals surface area contributed by atoms with Crippen molar-refractivity contribution in [2.45, 2.75) is 9.79 Å². The molecule has 0 spiro atoms. The highest BCUT2D eigenvalue weighted by molar-refractivity contribution is 8.23. The summed E-state index contributed by atoms with van der Waals surface area (Å²) in [5.41, 5.74) is 5.69. The summed E-state index contributed by atoms with van der Waals surface area (Å²) >= 11 is 7.62. The first-order chi connectivity index (χ1) is 9.70. The molecule has 0 aliphatic rings. The van der Waals surface area contributed by atoms with E-state index in [1.165, 1.54) is 16.7 Å². The van der Waals surface area contributed by atoms with Crippen LogP contribution in [0.5, 0.6) is 0 Å². The Morgan fingerprint density at radius 3 is 1.95 bits per heavy atom. The van der Waals surface area contributed by atoms with E-state index in [-0.39, 0.29) is 5.24 Å². The molecule has 0 aliphatic carbocycles. The van der Waals surface area contributed by atoms with E-state index in [1.807, 2.05) is 20.2 Å². The number of benzene rings is 1. The van der Waals surface area contributed by atoms with Crippen LogP contribution in [0.25, 0.3) is 0 Å². The van der Waals surface area contributed by atoms with Crippen LogP contribution in [-0.2, 0) is 0 Å². The van der Waals surface area contributed by atoms with E-state index >= 15 is 0 Å². The predicted molar refractivity (Wildman–Crippen MR) is 92.0 cm³/mol. The Balaban J connectivity index is 3.08. The Hall–Kier alpha value is -1.25. The van der Waals surface area contributed by atoms with Crippen molar-refractivity contribution in [3.8, 4) is 0 Å². The Labute approximate surface area is 138 Å². The Kier molecular flexibility index (Phi) is 6.50. The molecule has 0 atom stereocenters. The summed E-state index contributed by atoms with van der Waals surface area (Å²) in [7, 11) is 7.03. The number of thioether (sulfide) groups is 2. The first-order valence-corrected chi connectivity index (χ1v) is 7.98. The molecule has 1 aromatic carbocycles. The van der Waals surface area contributed by atoms with E-state index in [0.717, 1.165) is 16.7 Å². The second kappa shape index (κ2) is 7.67. The topological polar surface area (TPSA) is 66.6 Å². The number of rotatable bonds is 3. The van der Waals surface area contributed by atoms with Gasteiger partial charge in [-0.15, -0.1) is 0 Å². The van der Waals surface area contributed by atoms with Gasteiger partial charge in [0.15, 0.2) is 0 Å². The molecular formula is C13H17N3O2S3. The molecule has 1 aromatic rings. The largest absolute Gasteiger partial charge is 0.366 e. The highest BCUT2D eigenvalue weighted by atomic mass is 32.2. The van der Waals surface area contributed by atoms with Crippen molar-refractivity contribution >= 4 is 51.2 Å². The van der Waals surface area contributed by atoms with Gasteiger partial charge in [0.05, 0.1) is 0 Å². The van der Waals surface area contributed by atoms with Gasteiger partial charge in [0.1, 0.15) is 4.32 Å². The molecule has 0 unspecified atom stereocenters. The first kappa shape index (κ1) is 17.8. The summed E-state index contributed by atoms with van der Waals surface area (Å²) < 4.78 is 0.659. The second-order valence-electron chi connectivity index (χ2n) is 4.58. The van der Waals surface area contributed by atoms with Gasteiger partial charge < -0.3 is 15.5 Å². The molecule has 1 rings (SSSR count). The van der Waals surface area contributed by atoms with Gasteiger partial charge in [-0.3, -0.25) is 9.59 Å². The van der Waals surface area contributed by atoms with Gasteiger partial charge in [0, 0.05) is 43.5 Å². The number of thiocarbonyl (C=S) groups is 1. The van der Waals surface area contributed by atoms with E-state index in [0.29, 0.717) is 14.8 Å². The summed E-state index contributed by atoms with van der Waals surface area (Å²) in [6.07, 6.45) is 0. The molecule has 114 valence electrons. The van der Waals surface area contributed by atoms with Crippen LogP contribution >= 0.6 is 35.7 Å². The predicted octanol–water partition coefficient (Wildman–Crippen LogP) is 2.50. The number of amides is 2. The van der Waals surface area contributed by atoms with Crippen LogP contribution < -0.4 is 5.73 Å². The molecule has 0 bridgehead atoms. The Bertz CT molecular complexity index is 534. The fourth-order valence-electron chi connectivity index (χ4n) is 1.22. The van der Waals surface area contributed by atoms with Crippen LogP contribution in [0.1, 0.15) is 10.4 Å². The Morgan fingerprint density at radius 1 is 1.00 bits per heavy atom. The summed E-state index contributed by atoms with van der Waals surface area (Å²) in [6, 6.07) is 5.10. The maximum atomic E-state index is 11.8. The molecule has 0 saturated heterocycles. The lowest BCUT2D eigenvalue weighted by Gasteiger charge is -2.14. The van der Waals surface area contributed by atoms with Gasteiger partial charge in [0.2, 0.25) is 5.91 Å². The van der Waals surface area contributed by atoms with Gasteiger partial charge in [-0.1, -0.05) is 24.0 Å². The average Bonchev–Trinajstić information content (AvgIpc) is 2.37. The third kappa shape index (κ3) is 5.56. The van der Waals surface area contributed by atoms with Crippen molar-refractivity contribution in [3.63, 3.8) is 0 Å². The van der Waals surface area contributed by atoms with Gasteiger partial charge in [0.25, 0.3) is 5.24 Å². The van der Waals surface area contributed by atoms with E-state index < -0.39 is 5.91 Å². The number of nitrogens with zero attached hydrogens (tertiary/aromatic N) is 2. The molecule has 2 N–H and O–H groups in total. The summed E-state index contributed by atoms with van der Waals surface area (Å²) in [5, 5.41) is -0.122. The minimum atomic E-state index is -0.535. The van der Waals surface area contributed by atoms with Crippen molar-refractivity contribution in [1.82, 2.24) is 9.80 Å². The van der Waals surface area contributed by atoms with Crippen LogP contribution in [-0.4, -0.2) is 53.5 Å². The Morgan fingerprint density at radius 2 is 1.52 bits per heavy atom. The second-order valence-corrected chi connectivity index (χ2v) is 7.31. The average molecular weight is 343 g/mol. The van der Waals surface area contributed by atoms with Crippen molar-refractivity contribution in [3.05, 3.63) is 23.8 Å². The molecule has 21 heavy (non-hydrogen) atoms. The first-order valence-electron chi connectivity index (χ1n) is 5.94. The summed E-state index contributed by atoms with van der Waals surface area (Å²) in [6.45, 7) is 0.